The molecule has 0 unspecified atom stereocenters. The van der Waals surface area contributed by atoms with Gasteiger partial charge in [-0.15, -0.1) is 0 Å². The van der Waals surface area contributed by atoms with E-state index in [1.165, 1.54) is 0 Å². The molecule has 1 fully saturated rings. The summed E-state index contributed by atoms with van der Waals surface area (Å²) in [6.07, 6.45) is 1.78. The molecule has 2 N–H and O–H groups in total. The topological polar surface area (TPSA) is 70.4 Å². The van der Waals surface area contributed by atoms with Gasteiger partial charge in [-0.2, -0.15) is 0 Å². The molecule has 4 aromatic rings. The van der Waals surface area contributed by atoms with Gasteiger partial charge in [0.15, 0.2) is 5.11 Å². The number of aromatic nitrogens is 2. The first-order chi connectivity index (χ1) is 16.9. The summed E-state index contributed by atoms with van der Waals surface area (Å²) in [7, 11) is 0. The summed E-state index contributed by atoms with van der Waals surface area (Å²) in [5.41, 5.74) is 5.69. The zero-order valence-electron chi connectivity index (χ0n) is 19.1. The number of carboxylic acid groups (broad SMARTS) is 1. The maximum atomic E-state index is 12.0. The second kappa shape index (κ2) is 9.28. The van der Waals surface area contributed by atoms with Gasteiger partial charge in [0, 0.05) is 27.7 Å². The number of anilines is 1. The van der Waals surface area contributed by atoms with E-state index in [1.807, 2.05) is 73.0 Å². The van der Waals surface area contributed by atoms with E-state index in [0.717, 1.165) is 32.8 Å². The summed E-state index contributed by atoms with van der Waals surface area (Å²) in [5, 5.41) is 13.9. The molecule has 176 valence electrons. The van der Waals surface area contributed by atoms with Crippen molar-refractivity contribution in [3.05, 3.63) is 112 Å². The number of aromatic carboxylic acids is 1. The Labute approximate surface area is 217 Å². The third-order valence-electron chi connectivity index (χ3n) is 6.37. The Morgan fingerprint density at radius 3 is 2.46 bits per heavy atom. The van der Waals surface area contributed by atoms with Crippen molar-refractivity contribution in [2.45, 2.75) is 25.9 Å². The predicted octanol–water partition coefficient (Wildman–Crippen LogP) is 6.13. The van der Waals surface area contributed by atoms with Crippen molar-refractivity contribution < 1.29 is 9.90 Å². The molecule has 1 aliphatic rings. The second-order valence-corrected chi connectivity index (χ2v) is 9.76. The first-order valence-electron chi connectivity index (χ1n) is 11.1. The number of rotatable bonds is 5. The summed E-state index contributed by atoms with van der Waals surface area (Å²) < 4.78 is 3.00. The first-order valence-corrected chi connectivity index (χ1v) is 12.3. The number of nitrogens with one attached hydrogen (secondary N) is 1. The van der Waals surface area contributed by atoms with Crippen LogP contribution in [-0.4, -0.2) is 25.7 Å². The van der Waals surface area contributed by atoms with Crippen LogP contribution in [0.25, 0.3) is 5.69 Å². The average molecular weight is 547 g/mol. The number of halogens is 1. The van der Waals surface area contributed by atoms with Gasteiger partial charge in [-0.3, -0.25) is 4.98 Å². The van der Waals surface area contributed by atoms with Crippen molar-refractivity contribution >= 4 is 44.9 Å². The van der Waals surface area contributed by atoms with Crippen LogP contribution in [0.15, 0.2) is 83.5 Å². The minimum absolute atomic E-state index is 0.184. The summed E-state index contributed by atoms with van der Waals surface area (Å²) in [6.45, 7) is 4.02. The molecule has 3 heterocycles. The number of hydrogen-bond donors (Lipinski definition) is 2. The van der Waals surface area contributed by atoms with Gasteiger partial charge in [0.25, 0.3) is 0 Å². The number of pyridine rings is 1. The molecule has 6 nitrogen and oxygen atoms in total. The van der Waals surface area contributed by atoms with Gasteiger partial charge in [-0.05, 0) is 86.2 Å². The van der Waals surface area contributed by atoms with Gasteiger partial charge in [0.2, 0.25) is 0 Å². The maximum Gasteiger partial charge on any atom is 0.337 e. The molecule has 0 saturated carbocycles. The largest absolute Gasteiger partial charge is 0.478 e. The molecule has 35 heavy (non-hydrogen) atoms. The Bertz CT molecular complexity index is 1420. The molecule has 0 radical (unpaired) electrons. The van der Waals surface area contributed by atoms with E-state index in [-0.39, 0.29) is 17.6 Å². The van der Waals surface area contributed by atoms with Gasteiger partial charge >= 0.3 is 5.97 Å². The van der Waals surface area contributed by atoms with Gasteiger partial charge < -0.3 is 19.9 Å². The number of thiocarbonyl (C=S) groups is 1. The van der Waals surface area contributed by atoms with Crippen LogP contribution in [0.2, 0.25) is 0 Å². The number of benzene rings is 2. The molecule has 2 aromatic carbocycles. The van der Waals surface area contributed by atoms with Crippen molar-refractivity contribution in [2.24, 2.45) is 0 Å². The van der Waals surface area contributed by atoms with Crippen molar-refractivity contribution in [3.8, 4) is 5.69 Å². The van der Waals surface area contributed by atoms with E-state index in [2.05, 4.69) is 37.2 Å². The highest BCUT2D eigenvalue weighted by Crippen LogP contribution is 2.44. The third-order valence-corrected chi connectivity index (χ3v) is 7.21. The lowest BCUT2D eigenvalue weighted by Gasteiger charge is -2.28. The molecule has 0 bridgehead atoms. The van der Waals surface area contributed by atoms with Crippen molar-refractivity contribution in [1.82, 2.24) is 14.9 Å². The van der Waals surface area contributed by atoms with Gasteiger partial charge in [-0.25, -0.2) is 4.79 Å². The molecule has 2 atom stereocenters. The molecule has 8 heteroatoms. The standard InChI is InChI=1S/C27H23BrN4O2S/c1-16-15-21(17(2)31(16)23-9-4-3-7-20(23)26(33)34)25-24(22-8-5-6-14-29-22)30-27(35)32(25)19-12-10-18(28)11-13-19/h3-15,24-25H,1-2H3,(H,30,35)(H,33,34)/t24-,25-/m1/s1. The zero-order chi connectivity index (χ0) is 24.7. The van der Waals surface area contributed by atoms with Crippen LogP contribution in [0.1, 0.15) is 45.1 Å². The van der Waals surface area contributed by atoms with Crippen LogP contribution >= 0.6 is 28.1 Å². The SMILES string of the molecule is Cc1cc([C@@H]2[C@@H](c3ccccn3)NC(=S)N2c2ccc(Br)cc2)c(C)n1-c1ccccc1C(=O)O. The summed E-state index contributed by atoms with van der Waals surface area (Å²) in [5.74, 6) is -0.957. The molecule has 1 saturated heterocycles. The van der Waals surface area contributed by atoms with Crippen LogP contribution in [0.3, 0.4) is 0 Å². The van der Waals surface area contributed by atoms with Crippen molar-refractivity contribution in [3.63, 3.8) is 0 Å². The number of aryl methyl sites for hydroxylation is 1. The number of para-hydroxylation sites is 1. The molecule has 2 aromatic heterocycles. The molecule has 0 amide bonds. The minimum Gasteiger partial charge on any atom is -0.478 e. The van der Waals surface area contributed by atoms with Crippen LogP contribution in [-0.2, 0) is 0 Å². The fourth-order valence-corrected chi connectivity index (χ4v) is 5.47. The number of hydrogen-bond acceptors (Lipinski definition) is 3. The normalized spacial score (nSPS) is 17.5. The molecular formula is C27H23BrN4O2S. The summed E-state index contributed by atoms with van der Waals surface area (Å²) >= 11 is 9.35. The quantitative estimate of drug-likeness (QED) is 0.293. The fraction of sp³-hybridized carbons (Fsp3) is 0.148. The molecule has 0 spiro atoms. The Hall–Kier alpha value is -3.49. The van der Waals surface area contributed by atoms with E-state index in [1.54, 1.807) is 18.3 Å². The highest BCUT2D eigenvalue weighted by atomic mass is 79.9. The van der Waals surface area contributed by atoms with Crippen LogP contribution in [0.4, 0.5) is 5.69 Å². The molecule has 0 aliphatic carbocycles. The van der Waals surface area contributed by atoms with E-state index in [9.17, 15) is 9.90 Å². The monoisotopic (exact) mass is 546 g/mol. The third kappa shape index (κ3) is 4.13. The number of nitrogens with zero attached hydrogens (tertiary/aromatic N) is 3. The zero-order valence-corrected chi connectivity index (χ0v) is 21.5. The lowest BCUT2D eigenvalue weighted by atomic mass is 9.96. The van der Waals surface area contributed by atoms with Gasteiger partial charge in [0.05, 0.1) is 29.0 Å². The second-order valence-electron chi connectivity index (χ2n) is 8.46. The summed E-state index contributed by atoms with van der Waals surface area (Å²) in [4.78, 5) is 18.7. The lowest BCUT2D eigenvalue weighted by molar-refractivity contribution is 0.0697. The van der Waals surface area contributed by atoms with E-state index in [4.69, 9.17) is 12.2 Å². The Morgan fingerprint density at radius 1 is 1.06 bits per heavy atom. The van der Waals surface area contributed by atoms with Gasteiger partial charge in [-0.1, -0.05) is 34.1 Å². The number of carbonyl (C=O) groups is 1. The highest BCUT2D eigenvalue weighted by molar-refractivity contribution is 9.10. The predicted molar refractivity (Wildman–Crippen MR) is 144 cm³/mol. The Balaban J connectivity index is 1.70. The van der Waals surface area contributed by atoms with Crippen molar-refractivity contribution in [2.75, 3.05) is 4.90 Å². The van der Waals surface area contributed by atoms with Crippen LogP contribution in [0, 0.1) is 13.8 Å². The average Bonchev–Trinajstić information content (AvgIpc) is 3.35. The Morgan fingerprint density at radius 2 is 1.77 bits per heavy atom. The number of carboxylic acids is 1. The van der Waals surface area contributed by atoms with E-state index >= 15 is 0 Å². The molecule has 1 aliphatic heterocycles. The first kappa shape index (κ1) is 23.3. The Kier molecular flexibility index (Phi) is 6.17. The smallest absolute Gasteiger partial charge is 0.337 e. The van der Waals surface area contributed by atoms with Gasteiger partial charge in [0.1, 0.15) is 0 Å². The fourth-order valence-electron chi connectivity index (χ4n) is 4.86. The highest BCUT2D eigenvalue weighted by Gasteiger charge is 2.42. The minimum atomic E-state index is -0.957. The summed E-state index contributed by atoms with van der Waals surface area (Å²) in [6, 6.07) is 22.7. The van der Waals surface area contributed by atoms with E-state index < -0.39 is 5.97 Å². The van der Waals surface area contributed by atoms with Crippen LogP contribution in [0.5, 0.6) is 0 Å². The molecular weight excluding hydrogens is 524 g/mol. The lowest BCUT2D eigenvalue weighted by Crippen LogP contribution is -2.29. The van der Waals surface area contributed by atoms with E-state index in [0.29, 0.717) is 10.8 Å². The maximum absolute atomic E-state index is 12.0. The molecule has 5 rings (SSSR count). The van der Waals surface area contributed by atoms with Crippen LogP contribution < -0.4 is 10.2 Å². The van der Waals surface area contributed by atoms with Crippen molar-refractivity contribution in [1.29, 1.82) is 0 Å².